The molecule has 0 unspecified atom stereocenters. The third-order valence-electron chi connectivity index (χ3n) is 4.68. The van der Waals surface area contributed by atoms with Crippen molar-refractivity contribution < 1.29 is 9.18 Å². The molecule has 1 heterocycles. The Labute approximate surface area is 178 Å². The summed E-state index contributed by atoms with van der Waals surface area (Å²) in [7, 11) is 0. The Morgan fingerprint density at radius 3 is 2.37 bits per heavy atom. The molecule has 0 saturated carbocycles. The molecule has 150 valence electrons. The van der Waals surface area contributed by atoms with Gasteiger partial charge in [0, 0.05) is 28.9 Å². The highest BCUT2D eigenvalue weighted by molar-refractivity contribution is 6.30. The summed E-state index contributed by atoms with van der Waals surface area (Å²) in [6.45, 7) is 0. The van der Waals surface area contributed by atoms with Crippen LogP contribution in [0.4, 0.5) is 10.1 Å². The number of hydrogen-bond acceptors (Lipinski definition) is 2. The minimum atomic E-state index is -0.339. The Hall–Kier alpha value is -3.44. The zero-order valence-electron chi connectivity index (χ0n) is 16.1. The monoisotopic (exact) mass is 419 g/mol. The van der Waals surface area contributed by atoms with E-state index in [4.69, 9.17) is 16.7 Å². The largest absolute Gasteiger partial charge is 0.326 e. The number of halogens is 2. The summed E-state index contributed by atoms with van der Waals surface area (Å²) in [5.41, 5.74) is 4.21. The lowest BCUT2D eigenvalue weighted by molar-refractivity contribution is -0.116. The van der Waals surface area contributed by atoms with Gasteiger partial charge in [0.2, 0.25) is 5.91 Å². The third kappa shape index (κ3) is 4.75. The molecule has 1 N–H and O–H groups in total. The van der Waals surface area contributed by atoms with E-state index in [0.717, 1.165) is 22.5 Å². The Bertz CT molecular complexity index is 1140. The predicted octanol–water partition coefficient (Wildman–Crippen LogP) is 5.90. The number of carbonyl (C=O) groups excluding carboxylic acids is 1. The zero-order chi connectivity index (χ0) is 20.9. The Balaban J connectivity index is 1.56. The highest BCUT2D eigenvalue weighted by Crippen LogP contribution is 2.26. The van der Waals surface area contributed by atoms with Gasteiger partial charge in [0.15, 0.2) is 0 Å². The molecule has 0 saturated heterocycles. The molecular formula is C24H19ClFN3O. The highest BCUT2D eigenvalue weighted by Gasteiger charge is 2.14. The van der Waals surface area contributed by atoms with Crippen LogP contribution < -0.4 is 5.32 Å². The SMILES string of the molecule is O=C(CCc1cn(-c2ccccc2)nc1-c1ccc(Cl)cc1)Nc1ccc(F)cc1. The minimum Gasteiger partial charge on any atom is -0.326 e. The van der Waals surface area contributed by atoms with Crippen molar-refractivity contribution in [1.29, 1.82) is 0 Å². The van der Waals surface area contributed by atoms with E-state index in [9.17, 15) is 9.18 Å². The molecule has 30 heavy (non-hydrogen) atoms. The molecule has 0 aliphatic rings. The first kappa shape index (κ1) is 19.9. The number of aromatic nitrogens is 2. The number of carbonyl (C=O) groups is 1. The van der Waals surface area contributed by atoms with Gasteiger partial charge in [-0.15, -0.1) is 0 Å². The molecule has 0 spiro atoms. The summed E-state index contributed by atoms with van der Waals surface area (Å²) < 4.78 is 14.9. The average molecular weight is 420 g/mol. The van der Waals surface area contributed by atoms with Crippen LogP contribution in [0.1, 0.15) is 12.0 Å². The fourth-order valence-corrected chi connectivity index (χ4v) is 3.29. The first-order chi connectivity index (χ1) is 14.6. The fraction of sp³-hybridized carbons (Fsp3) is 0.0833. The van der Waals surface area contributed by atoms with Crippen LogP contribution in [-0.2, 0) is 11.2 Å². The first-order valence-electron chi connectivity index (χ1n) is 9.54. The van der Waals surface area contributed by atoms with Gasteiger partial charge in [-0.3, -0.25) is 4.79 Å². The Kier molecular flexibility index (Phi) is 5.91. The van der Waals surface area contributed by atoms with Gasteiger partial charge in [-0.05, 0) is 60.5 Å². The van der Waals surface area contributed by atoms with E-state index in [-0.39, 0.29) is 18.1 Å². The molecule has 0 atom stereocenters. The van der Waals surface area contributed by atoms with Crippen LogP contribution in [0.5, 0.6) is 0 Å². The van der Waals surface area contributed by atoms with E-state index in [1.54, 1.807) is 12.1 Å². The van der Waals surface area contributed by atoms with Gasteiger partial charge in [0.1, 0.15) is 5.82 Å². The standard InChI is InChI=1S/C24H19ClFN3O/c25-19-9-6-17(7-10-19)24-18(16-29(28-24)22-4-2-1-3-5-22)8-15-23(30)27-21-13-11-20(26)12-14-21/h1-7,9-14,16H,8,15H2,(H,27,30). The van der Waals surface area contributed by atoms with Crippen molar-refractivity contribution in [3.63, 3.8) is 0 Å². The van der Waals surface area contributed by atoms with Crippen molar-refractivity contribution in [1.82, 2.24) is 9.78 Å². The number of para-hydroxylation sites is 1. The normalized spacial score (nSPS) is 10.7. The summed E-state index contributed by atoms with van der Waals surface area (Å²) in [4.78, 5) is 12.4. The summed E-state index contributed by atoms with van der Waals surface area (Å²) >= 11 is 6.03. The van der Waals surface area contributed by atoms with E-state index in [1.165, 1.54) is 12.1 Å². The van der Waals surface area contributed by atoms with Crippen LogP contribution in [0, 0.1) is 5.82 Å². The van der Waals surface area contributed by atoms with Crippen molar-refractivity contribution in [2.24, 2.45) is 0 Å². The number of nitrogens with one attached hydrogen (secondary N) is 1. The van der Waals surface area contributed by atoms with Gasteiger partial charge in [-0.25, -0.2) is 9.07 Å². The Morgan fingerprint density at radius 2 is 1.67 bits per heavy atom. The second-order valence-corrected chi connectivity index (χ2v) is 7.28. The number of anilines is 1. The van der Waals surface area contributed by atoms with Crippen LogP contribution in [-0.4, -0.2) is 15.7 Å². The molecule has 1 aromatic heterocycles. The molecule has 1 amide bonds. The van der Waals surface area contributed by atoms with Crippen molar-refractivity contribution in [2.45, 2.75) is 12.8 Å². The maximum absolute atomic E-state index is 13.0. The van der Waals surface area contributed by atoms with Crippen LogP contribution in [0.3, 0.4) is 0 Å². The van der Waals surface area contributed by atoms with E-state index in [1.807, 2.05) is 65.5 Å². The molecule has 4 nitrogen and oxygen atoms in total. The van der Waals surface area contributed by atoms with Crippen molar-refractivity contribution >= 4 is 23.2 Å². The third-order valence-corrected chi connectivity index (χ3v) is 4.93. The summed E-state index contributed by atoms with van der Waals surface area (Å²) in [5, 5.41) is 8.20. The lowest BCUT2D eigenvalue weighted by Gasteiger charge is -2.06. The van der Waals surface area contributed by atoms with Gasteiger partial charge in [0.25, 0.3) is 0 Å². The molecule has 0 fully saturated rings. The zero-order valence-corrected chi connectivity index (χ0v) is 16.8. The average Bonchev–Trinajstić information content (AvgIpc) is 3.19. The van der Waals surface area contributed by atoms with E-state index in [2.05, 4.69) is 5.32 Å². The lowest BCUT2D eigenvalue weighted by Crippen LogP contribution is -2.12. The van der Waals surface area contributed by atoms with E-state index in [0.29, 0.717) is 17.1 Å². The molecule has 3 aromatic carbocycles. The quantitative estimate of drug-likeness (QED) is 0.422. The van der Waals surface area contributed by atoms with Crippen LogP contribution in [0.2, 0.25) is 5.02 Å². The number of amides is 1. The number of aryl methyl sites for hydroxylation is 1. The smallest absolute Gasteiger partial charge is 0.224 e. The summed E-state index contributed by atoms with van der Waals surface area (Å²) in [5.74, 6) is -0.481. The lowest BCUT2D eigenvalue weighted by atomic mass is 10.0. The molecule has 0 aliphatic heterocycles. The highest BCUT2D eigenvalue weighted by atomic mass is 35.5. The molecule has 0 radical (unpaired) electrons. The first-order valence-corrected chi connectivity index (χ1v) is 9.91. The van der Waals surface area contributed by atoms with Crippen LogP contribution >= 0.6 is 11.6 Å². The molecule has 6 heteroatoms. The molecule has 4 aromatic rings. The van der Waals surface area contributed by atoms with Crippen LogP contribution in [0.15, 0.2) is 85.1 Å². The maximum Gasteiger partial charge on any atom is 0.224 e. The van der Waals surface area contributed by atoms with Gasteiger partial charge in [0.05, 0.1) is 11.4 Å². The van der Waals surface area contributed by atoms with E-state index < -0.39 is 0 Å². The van der Waals surface area contributed by atoms with Crippen molar-refractivity contribution in [3.05, 3.63) is 101 Å². The molecular weight excluding hydrogens is 401 g/mol. The molecule has 0 bridgehead atoms. The van der Waals surface area contributed by atoms with Gasteiger partial charge in [-0.1, -0.05) is 41.9 Å². The van der Waals surface area contributed by atoms with Crippen molar-refractivity contribution in [3.8, 4) is 16.9 Å². The van der Waals surface area contributed by atoms with Gasteiger partial charge < -0.3 is 5.32 Å². The molecule has 0 aliphatic carbocycles. The Morgan fingerprint density at radius 1 is 0.967 bits per heavy atom. The van der Waals surface area contributed by atoms with Crippen molar-refractivity contribution in [2.75, 3.05) is 5.32 Å². The second kappa shape index (κ2) is 8.93. The number of nitrogens with zero attached hydrogens (tertiary/aromatic N) is 2. The number of benzene rings is 3. The summed E-state index contributed by atoms with van der Waals surface area (Å²) in [6, 6.07) is 23.0. The predicted molar refractivity (Wildman–Crippen MR) is 117 cm³/mol. The fourth-order valence-electron chi connectivity index (χ4n) is 3.16. The molecule has 4 rings (SSSR count). The van der Waals surface area contributed by atoms with Gasteiger partial charge in [-0.2, -0.15) is 5.10 Å². The number of rotatable bonds is 6. The van der Waals surface area contributed by atoms with Crippen LogP contribution in [0.25, 0.3) is 16.9 Å². The van der Waals surface area contributed by atoms with E-state index >= 15 is 0 Å². The second-order valence-electron chi connectivity index (χ2n) is 6.85. The maximum atomic E-state index is 13.0. The van der Waals surface area contributed by atoms with Gasteiger partial charge >= 0.3 is 0 Å². The summed E-state index contributed by atoms with van der Waals surface area (Å²) in [6.07, 6.45) is 2.74. The topological polar surface area (TPSA) is 46.9 Å². The number of hydrogen-bond donors (Lipinski definition) is 1. The minimum absolute atomic E-state index is 0.142.